The number of anilines is 1. The number of thiocarbonyl (C=S) groups is 1. The highest BCUT2D eigenvalue weighted by Gasteiger charge is 2.25. The number of nitrogens with zero attached hydrogens (tertiary/aromatic N) is 2. The molecule has 1 aromatic rings. The quantitative estimate of drug-likeness (QED) is 0.783. The summed E-state index contributed by atoms with van der Waals surface area (Å²) in [6.45, 7) is 6.52. The summed E-state index contributed by atoms with van der Waals surface area (Å²) in [5, 5.41) is 4.63. The molecule has 0 aromatic heterocycles. The van der Waals surface area contributed by atoms with Crippen molar-refractivity contribution in [1.82, 2.24) is 9.80 Å². The average Bonchev–Trinajstić information content (AvgIpc) is 2.60. The summed E-state index contributed by atoms with van der Waals surface area (Å²) in [4.78, 5) is 4.76. The third-order valence-electron chi connectivity index (χ3n) is 5.02. The van der Waals surface area contributed by atoms with E-state index in [1.807, 2.05) is 18.2 Å². The Morgan fingerprint density at radius 1 is 1.46 bits per heavy atom. The second kappa shape index (κ2) is 8.88. The Kier molecular flexibility index (Phi) is 7.14. The van der Waals surface area contributed by atoms with Gasteiger partial charge < -0.3 is 19.9 Å². The molecule has 1 atom stereocenters. The Bertz CT molecular complexity index is 561. The van der Waals surface area contributed by atoms with E-state index in [9.17, 15) is 0 Å². The van der Waals surface area contributed by atoms with Gasteiger partial charge in [0, 0.05) is 30.9 Å². The first-order chi connectivity index (χ1) is 11.5. The fourth-order valence-corrected chi connectivity index (χ4v) is 3.63. The van der Waals surface area contributed by atoms with E-state index in [1.165, 1.54) is 6.42 Å². The molecular formula is C18H28ClN3OS. The number of likely N-dealkylation sites (tertiary alicyclic amines) is 1. The van der Waals surface area contributed by atoms with Crippen molar-refractivity contribution < 1.29 is 4.74 Å². The Labute approximate surface area is 156 Å². The topological polar surface area (TPSA) is 27.7 Å². The first kappa shape index (κ1) is 19.3. The van der Waals surface area contributed by atoms with Crippen LogP contribution in [0.25, 0.3) is 0 Å². The number of ether oxygens (including phenoxy) is 1. The molecule has 0 spiro atoms. The maximum absolute atomic E-state index is 6.17. The van der Waals surface area contributed by atoms with Gasteiger partial charge in [-0.1, -0.05) is 18.5 Å². The van der Waals surface area contributed by atoms with Gasteiger partial charge in [0.15, 0.2) is 5.11 Å². The molecule has 134 valence electrons. The first-order valence-corrected chi connectivity index (χ1v) is 9.36. The van der Waals surface area contributed by atoms with E-state index in [-0.39, 0.29) is 0 Å². The van der Waals surface area contributed by atoms with E-state index in [0.29, 0.717) is 22.9 Å². The minimum absolute atomic E-state index is 0.583. The summed E-state index contributed by atoms with van der Waals surface area (Å²) < 4.78 is 5.18. The fourth-order valence-electron chi connectivity index (χ4n) is 3.07. The first-order valence-electron chi connectivity index (χ1n) is 8.57. The molecule has 1 aliphatic heterocycles. The molecule has 0 saturated carbocycles. The minimum Gasteiger partial charge on any atom is -0.495 e. The zero-order valence-electron chi connectivity index (χ0n) is 15.0. The van der Waals surface area contributed by atoms with Crippen LogP contribution in [0.2, 0.25) is 5.02 Å². The van der Waals surface area contributed by atoms with Crippen molar-refractivity contribution in [2.24, 2.45) is 0 Å². The summed E-state index contributed by atoms with van der Waals surface area (Å²) in [5.41, 5.74) is 0.893. The van der Waals surface area contributed by atoms with Gasteiger partial charge in [-0.15, -0.1) is 0 Å². The van der Waals surface area contributed by atoms with Crippen molar-refractivity contribution >= 4 is 34.6 Å². The Hall–Kier alpha value is -1.04. The van der Waals surface area contributed by atoms with Crippen LogP contribution < -0.4 is 10.1 Å². The zero-order chi connectivity index (χ0) is 17.7. The van der Waals surface area contributed by atoms with Crippen LogP contribution in [0, 0.1) is 0 Å². The number of piperidine rings is 1. The van der Waals surface area contributed by atoms with Crippen LogP contribution in [0.5, 0.6) is 5.75 Å². The number of rotatable bonds is 5. The van der Waals surface area contributed by atoms with Gasteiger partial charge in [-0.05, 0) is 63.7 Å². The van der Waals surface area contributed by atoms with Crippen LogP contribution in [0.4, 0.5) is 5.69 Å². The molecule has 1 aliphatic rings. The lowest BCUT2D eigenvalue weighted by atomic mass is 10.0. The van der Waals surface area contributed by atoms with Crippen molar-refractivity contribution in [3.8, 4) is 5.75 Å². The van der Waals surface area contributed by atoms with Crippen molar-refractivity contribution in [3.05, 3.63) is 23.2 Å². The van der Waals surface area contributed by atoms with E-state index in [0.717, 1.165) is 36.7 Å². The van der Waals surface area contributed by atoms with Crippen molar-refractivity contribution in [2.75, 3.05) is 32.6 Å². The van der Waals surface area contributed by atoms with Crippen LogP contribution in [0.1, 0.15) is 33.1 Å². The lowest BCUT2D eigenvalue weighted by Gasteiger charge is -2.40. The smallest absolute Gasteiger partial charge is 0.173 e. The van der Waals surface area contributed by atoms with Gasteiger partial charge in [0.1, 0.15) is 5.75 Å². The highest BCUT2D eigenvalue weighted by atomic mass is 35.5. The SMILES string of the molecule is CCC(C)N(C)C1CCN(C(=S)Nc2ccc(OC)c(Cl)c2)CC1. The average molecular weight is 370 g/mol. The van der Waals surface area contributed by atoms with Crippen LogP contribution in [-0.2, 0) is 0 Å². The molecule has 1 N–H and O–H groups in total. The maximum Gasteiger partial charge on any atom is 0.173 e. The summed E-state index contributed by atoms with van der Waals surface area (Å²) in [7, 11) is 3.85. The largest absolute Gasteiger partial charge is 0.495 e. The van der Waals surface area contributed by atoms with Crippen molar-refractivity contribution in [1.29, 1.82) is 0 Å². The molecule has 1 unspecified atom stereocenters. The van der Waals surface area contributed by atoms with Gasteiger partial charge in [0.2, 0.25) is 0 Å². The normalized spacial score (nSPS) is 17.0. The molecule has 0 aliphatic carbocycles. The third-order valence-corrected chi connectivity index (χ3v) is 5.67. The predicted octanol–water partition coefficient (Wildman–Crippen LogP) is 4.24. The molecule has 0 radical (unpaired) electrons. The number of nitrogens with one attached hydrogen (secondary N) is 1. The molecular weight excluding hydrogens is 342 g/mol. The molecule has 4 nitrogen and oxygen atoms in total. The third kappa shape index (κ3) is 4.74. The predicted molar refractivity (Wildman–Crippen MR) is 106 cm³/mol. The highest BCUT2D eigenvalue weighted by molar-refractivity contribution is 7.80. The van der Waals surface area contributed by atoms with Gasteiger partial charge in [-0.2, -0.15) is 0 Å². The standard InChI is InChI=1S/C18H28ClN3OS/c1-5-13(2)21(3)15-8-10-22(11-9-15)18(24)20-14-6-7-17(23-4)16(19)12-14/h6-7,12-13,15H,5,8-11H2,1-4H3,(H,20,24). The number of hydrogen-bond donors (Lipinski definition) is 1. The number of benzene rings is 1. The Balaban J connectivity index is 1.88. The molecule has 2 rings (SSSR count). The van der Waals surface area contributed by atoms with Gasteiger partial charge in [-0.25, -0.2) is 0 Å². The van der Waals surface area contributed by atoms with Crippen LogP contribution in [0.15, 0.2) is 18.2 Å². The maximum atomic E-state index is 6.17. The number of methoxy groups -OCH3 is 1. The lowest BCUT2D eigenvalue weighted by Crippen LogP contribution is -2.48. The lowest BCUT2D eigenvalue weighted by molar-refractivity contribution is 0.126. The molecule has 1 saturated heterocycles. The van der Waals surface area contributed by atoms with E-state index in [4.69, 9.17) is 28.6 Å². The van der Waals surface area contributed by atoms with Crippen molar-refractivity contribution in [3.63, 3.8) is 0 Å². The van der Waals surface area contributed by atoms with Gasteiger partial charge in [0.05, 0.1) is 12.1 Å². The second-order valence-corrected chi connectivity index (χ2v) is 7.21. The van der Waals surface area contributed by atoms with Crippen molar-refractivity contribution in [2.45, 2.75) is 45.2 Å². The van der Waals surface area contributed by atoms with E-state index in [2.05, 4.69) is 36.0 Å². The molecule has 6 heteroatoms. The van der Waals surface area contributed by atoms with E-state index in [1.54, 1.807) is 7.11 Å². The van der Waals surface area contributed by atoms with Gasteiger partial charge in [-0.3, -0.25) is 0 Å². The zero-order valence-corrected chi connectivity index (χ0v) is 16.6. The molecule has 0 amide bonds. The number of hydrogen-bond acceptors (Lipinski definition) is 3. The summed E-state index contributed by atoms with van der Waals surface area (Å²) in [6, 6.07) is 6.90. The highest BCUT2D eigenvalue weighted by Crippen LogP contribution is 2.27. The molecule has 1 heterocycles. The van der Waals surface area contributed by atoms with E-state index < -0.39 is 0 Å². The molecule has 1 aromatic carbocycles. The van der Waals surface area contributed by atoms with Gasteiger partial charge >= 0.3 is 0 Å². The second-order valence-electron chi connectivity index (χ2n) is 6.42. The fraction of sp³-hybridized carbons (Fsp3) is 0.611. The monoisotopic (exact) mass is 369 g/mol. The van der Waals surface area contributed by atoms with Crippen LogP contribution >= 0.6 is 23.8 Å². The Morgan fingerprint density at radius 3 is 2.67 bits per heavy atom. The van der Waals surface area contributed by atoms with E-state index >= 15 is 0 Å². The summed E-state index contributed by atoms with van der Waals surface area (Å²) in [6.07, 6.45) is 3.48. The van der Waals surface area contributed by atoms with Crippen LogP contribution in [0.3, 0.4) is 0 Å². The molecule has 0 bridgehead atoms. The van der Waals surface area contributed by atoms with Gasteiger partial charge in [0.25, 0.3) is 0 Å². The van der Waals surface area contributed by atoms with Crippen LogP contribution in [-0.4, -0.2) is 54.2 Å². The Morgan fingerprint density at radius 2 is 2.12 bits per heavy atom. The minimum atomic E-state index is 0.583. The molecule has 24 heavy (non-hydrogen) atoms. The summed E-state index contributed by atoms with van der Waals surface area (Å²) in [5.74, 6) is 0.669. The molecule has 1 fully saturated rings. The number of halogens is 1. The summed E-state index contributed by atoms with van der Waals surface area (Å²) >= 11 is 11.7.